The first-order valence-electron chi connectivity index (χ1n) is 11.5. The maximum atomic E-state index is 12.5. The maximum Gasteiger partial charge on any atom is 0.323 e. The minimum absolute atomic E-state index is 0.232. The summed E-state index contributed by atoms with van der Waals surface area (Å²) in [5.41, 5.74) is 3.97. The lowest BCUT2D eigenvalue weighted by atomic mass is 9.91. The van der Waals surface area contributed by atoms with E-state index in [1.165, 1.54) is 17.6 Å². The van der Waals surface area contributed by atoms with Crippen molar-refractivity contribution in [2.75, 3.05) is 49.3 Å². The number of benzene rings is 2. The molecule has 1 aromatic heterocycles. The molecule has 32 heavy (non-hydrogen) atoms. The number of piperidine rings is 1. The average molecular weight is 434 g/mol. The number of urea groups is 1. The number of carbonyl (C=O) groups is 1. The quantitative estimate of drug-likeness (QED) is 0.552. The van der Waals surface area contributed by atoms with Gasteiger partial charge in [-0.2, -0.15) is 0 Å². The topological polar surface area (TPSA) is 52.5 Å². The van der Waals surface area contributed by atoms with Crippen LogP contribution in [-0.4, -0.2) is 49.2 Å². The number of nitrogens with one attached hydrogen (secondary N) is 2. The van der Waals surface area contributed by atoms with Crippen LogP contribution in [0.25, 0.3) is 10.9 Å². The second-order valence-corrected chi connectivity index (χ2v) is 9.56. The minimum atomic E-state index is -0.232. The van der Waals surface area contributed by atoms with Gasteiger partial charge in [-0.15, -0.1) is 0 Å². The molecule has 0 spiro atoms. The van der Waals surface area contributed by atoms with Crippen molar-refractivity contribution in [3.63, 3.8) is 0 Å². The van der Waals surface area contributed by atoms with Gasteiger partial charge in [-0.1, -0.05) is 13.8 Å². The van der Waals surface area contributed by atoms with Gasteiger partial charge in [0, 0.05) is 60.3 Å². The Morgan fingerprint density at radius 2 is 1.62 bits per heavy atom. The summed E-state index contributed by atoms with van der Waals surface area (Å²) in [6.45, 7) is 8.75. The Morgan fingerprint density at radius 3 is 2.31 bits per heavy atom. The minimum Gasteiger partial charge on any atom is -0.371 e. The van der Waals surface area contributed by atoms with E-state index in [9.17, 15) is 4.79 Å². The number of rotatable bonds is 6. The molecule has 2 amide bonds. The van der Waals surface area contributed by atoms with E-state index < -0.39 is 0 Å². The fourth-order valence-electron chi connectivity index (χ4n) is 4.70. The van der Waals surface area contributed by atoms with Crippen LogP contribution in [0.5, 0.6) is 0 Å². The molecule has 2 aromatic carbocycles. The van der Waals surface area contributed by atoms with Crippen molar-refractivity contribution in [3.05, 3.63) is 54.7 Å². The third-order valence-electron chi connectivity index (χ3n) is 6.18. The zero-order valence-electron chi connectivity index (χ0n) is 19.6. The highest BCUT2D eigenvalue weighted by Gasteiger charge is 2.21. The normalized spacial score (nSPS) is 18.8. The number of anilines is 3. The van der Waals surface area contributed by atoms with Crippen LogP contribution in [0.2, 0.25) is 0 Å². The average Bonchev–Trinajstić information content (AvgIpc) is 3.14. The molecular formula is C26H35N5O. The molecule has 0 aliphatic carbocycles. The Bertz CT molecular complexity index is 1050. The van der Waals surface area contributed by atoms with E-state index in [0.29, 0.717) is 11.8 Å². The summed E-state index contributed by atoms with van der Waals surface area (Å²) >= 11 is 0. The zero-order chi connectivity index (χ0) is 22.7. The fraction of sp³-hybridized carbons (Fsp3) is 0.423. The zero-order valence-corrected chi connectivity index (χ0v) is 19.6. The van der Waals surface area contributed by atoms with Gasteiger partial charge in [0.1, 0.15) is 0 Å². The number of amides is 2. The maximum absolute atomic E-state index is 12.5. The van der Waals surface area contributed by atoms with E-state index in [0.717, 1.165) is 42.9 Å². The molecule has 0 radical (unpaired) electrons. The molecule has 1 aliphatic rings. The first-order valence-corrected chi connectivity index (χ1v) is 11.5. The molecule has 1 aliphatic heterocycles. The number of hydrogen-bond acceptors (Lipinski definition) is 3. The van der Waals surface area contributed by atoms with Crippen LogP contribution < -0.4 is 15.5 Å². The molecule has 170 valence electrons. The molecule has 6 nitrogen and oxygen atoms in total. The molecule has 2 N–H and O–H groups in total. The summed E-state index contributed by atoms with van der Waals surface area (Å²) in [5, 5.41) is 7.02. The van der Waals surface area contributed by atoms with E-state index in [1.807, 2.05) is 24.3 Å². The van der Waals surface area contributed by atoms with Crippen LogP contribution in [-0.2, 0) is 6.54 Å². The first-order chi connectivity index (χ1) is 15.4. The highest BCUT2D eigenvalue weighted by molar-refractivity contribution is 6.01. The third-order valence-corrected chi connectivity index (χ3v) is 6.18. The van der Waals surface area contributed by atoms with Gasteiger partial charge < -0.3 is 25.0 Å². The molecule has 3 aromatic rings. The molecular weight excluding hydrogens is 398 g/mol. The number of nitrogens with zero attached hydrogens (tertiary/aromatic N) is 3. The number of hydrogen-bond donors (Lipinski definition) is 2. The Balaban J connectivity index is 1.35. The molecule has 2 unspecified atom stereocenters. The summed E-state index contributed by atoms with van der Waals surface area (Å²) in [5.74, 6) is 1.43. The molecule has 0 bridgehead atoms. The number of likely N-dealkylation sites (N-methyl/N-ethyl adjacent to an activating group) is 1. The number of carbonyl (C=O) groups excluding carboxylic acids is 1. The first kappa shape index (κ1) is 22.2. The van der Waals surface area contributed by atoms with Gasteiger partial charge in [-0.3, -0.25) is 0 Å². The predicted molar refractivity (Wildman–Crippen MR) is 135 cm³/mol. The largest absolute Gasteiger partial charge is 0.371 e. The van der Waals surface area contributed by atoms with Crippen LogP contribution in [0.15, 0.2) is 54.7 Å². The smallest absolute Gasteiger partial charge is 0.323 e. The molecule has 2 heterocycles. The van der Waals surface area contributed by atoms with Gasteiger partial charge >= 0.3 is 6.03 Å². The van der Waals surface area contributed by atoms with E-state index in [1.54, 1.807) is 0 Å². The monoisotopic (exact) mass is 433 g/mol. The van der Waals surface area contributed by atoms with Gasteiger partial charge in [0.2, 0.25) is 0 Å². The Hall–Kier alpha value is -2.99. The fourth-order valence-corrected chi connectivity index (χ4v) is 4.70. The molecule has 2 atom stereocenters. The highest BCUT2D eigenvalue weighted by atomic mass is 16.2. The lowest BCUT2D eigenvalue weighted by molar-refractivity contribution is 0.262. The van der Waals surface area contributed by atoms with Crippen LogP contribution in [0, 0.1) is 11.8 Å². The van der Waals surface area contributed by atoms with E-state index >= 15 is 0 Å². The van der Waals surface area contributed by atoms with Crippen LogP contribution in [0.4, 0.5) is 21.9 Å². The lowest BCUT2D eigenvalue weighted by Gasteiger charge is -2.36. The number of aromatic nitrogens is 1. The third kappa shape index (κ3) is 5.43. The molecule has 1 saturated heterocycles. The molecule has 1 fully saturated rings. The van der Waals surface area contributed by atoms with Crippen LogP contribution in [0.1, 0.15) is 20.3 Å². The highest BCUT2D eigenvalue weighted by Crippen LogP contribution is 2.27. The second-order valence-electron chi connectivity index (χ2n) is 9.56. The lowest BCUT2D eigenvalue weighted by Crippen LogP contribution is -2.38. The van der Waals surface area contributed by atoms with Gasteiger partial charge in [0.05, 0.1) is 0 Å². The standard InChI is InChI=1S/C26H35N5O/c1-19-15-20(2)18-31(17-19)24-8-5-22(6-9-24)27-26(32)28-23-7-10-25-21(16-23)11-12-30(25)14-13-29(3)4/h5-12,16,19-20H,13-15,17-18H2,1-4H3,(H2,27,28,32). The van der Waals surface area contributed by atoms with Crippen molar-refractivity contribution in [2.24, 2.45) is 11.8 Å². The van der Waals surface area contributed by atoms with Crippen LogP contribution >= 0.6 is 0 Å². The van der Waals surface area contributed by atoms with Crippen molar-refractivity contribution < 1.29 is 4.79 Å². The summed E-state index contributed by atoms with van der Waals surface area (Å²) < 4.78 is 2.24. The summed E-state index contributed by atoms with van der Waals surface area (Å²) in [6, 6.07) is 16.1. The molecule has 6 heteroatoms. The van der Waals surface area contributed by atoms with Crippen molar-refractivity contribution in [1.29, 1.82) is 0 Å². The number of fused-ring (bicyclic) bond motifs is 1. The predicted octanol–water partition coefficient (Wildman–Crippen LogP) is 5.33. The Kier molecular flexibility index (Phi) is 6.70. The van der Waals surface area contributed by atoms with Gasteiger partial charge in [-0.25, -0.2) is 4.79 Å². The van der Waals surface area contributed by atoms with Crippen molar-refractivity contribution >= 4 is 34.0 Å². The van der Waals surface area contributed by atoms with Crippen molar-refractivity contribution in [2.45, 2.75) is 26.8 Å². The molecule has 0 saturated carbocycles. The summed E-state index contributed by atoms with van der Waals surface area (Å²) in [4.78, 5) is 17.1. The van der Waals surface area contributed by atoms with E-state index in [2.05, 4.69) is 83.4 Å². The van der Waals surface area contributed by atoms with Gasteiger partial charge in [0.25, 0.3) is 0 Å². The van der Waals surface area contributed by atoms with Gasteiger partial charge in [-0.05, 0) is 80.9 Å². The molecule has 4 rings (SSSR count). The van der Waals surface area contributed by atoms with Gasteiger partial charge in [0.15, 0.2) is 0 Å². The second kappa shape index (κ2) is 9.65. The van der Waals surface area contributed by atoms with Crippen molar-refractivity contribution in [3.8, 4) is 0 Å². The Labute approximate surface area is 191 Å². The van der Waals surface area contributed by atoms with Crippen LogP contribution in [0.3, 0.4) is 0 Å². The van der Waals surface area contributed by atoms with E-state index in [-0.39, 0.29) is 6.03 Å². The summed E-state index contributed by atoms with van der Waals surface area (Å²) in [6.07, 6.45) is 3.40. The summed E-state index contributed by atoms with van der Waals surface area (Å²) in [7, 11) is 4.16. The Morgan fingerprint density at radius 1 is 0.969 bits per heavy atom. The van der Waals surface area contributed by atoms with E-state index in [4.69, 9.17) is 0 Å². The SMILES string of the molecule is CC1CC(C)CN(c2ccc(NC(=O)Nc3ccc4c(ccn4CCN(C)C)c3)cc2)C1. The van der Waals surface area contributed by atoms with Crippen molar-refractivity contribution in [1.82, 2.24) is 9.47 Å².